The van der Waals surface area contributed by atoms with Gasteiger partial charge in [-0.1, -0.05) is 18.2 Å². The molecule has 1 saturated heterocycles. The monoisotopic (exact) mass is 433 g/mol. The number of nitrogens with one attached hydrogen (secondary N) is 3. The van der Waals surface area contributed by atoms with Gasteiger partial charge >= 0.3 is 0 Å². The summed E-state index contributed by atoms with van der Waals surface area (Å²) >= 11 is 5.66. The molecular formula is C24H27N5OS. The minimum absolute atomic E-state index is 0.0285. The summed E-state index contributed by atoms with van der Waals surface area (Å²) in [5.41, 5.74) is 6.08. The Hall–Kier alpha value is -3.19. The molecule has 1 fully saturated rings. The summed E-state index contributed by atoms with van der Waals surface area (Å²) in [5.74, 6) is -0.0285. The van der Waals surface area contributed by atoms with Crippen LogP contribution in [0.1, 0.15) is 46.7 Å². The maximum Gasteiger partial charge on any atom is 0.226 e. The van der Waals surface area contributed by atoms with E-state index in [0.29, 0.717) is 18.1 Å². The molecule has 1 aliphatic rings. The van der Waals surface area contributed by atoms with Gasteiger partial charge < -0.3 is 20.5 Å². The van der Waals surface area contributed by atoms with Crippen molar-refractivity contribution < 1.29 is 4.79 Å². The molecular weight excluding hydrogens is 406 g/mol. The van der Waals surface area contributed by atoms with Gasteiger partial charge in [0.2, 0.25) is 5.91 Å². The Bertz CT molecular complexity index is 1090. The highest BCUT2D eigenvalue weighted by atomic mass is 32.1. The molecule has 0 spiro atoms. The molecule has 6 nitrogen and oxygen atoms in total. The topological polar surface area (TPSA) is 73.1 Å². The van der Waals surface area contributed by atoms with E-state index in [4.69, 9.17) is 12.2 Å². The average molecular weight is 434 g/mol. The lowest BCUT2D eigenvalue weighted by Gasteiger charge is -2.27. The first kappa shape index (κ1) is 21.1. The highest BCUT2D eigenvalue weighted by Crippen LogP contribution is 2.38. The molecule has 1 aromatic carbocycles. The molecule has 2 atom stereocenters. The smallest absolute Gasteiger partial charge is 0.226 e. The Balaban J connectivity index is 1.52. The van der Waals surface area contributed by atoms with Crippen LogP contribution >= 0.6 is 12.2 Å². The summed E-state index contributed by atoms with van der Waals surface area (Å²) in [4.78, 5) is 22.8. The summed E-state index contributed by atoms with van der Waals surface area (Å²) in [6, 6.07) is 15.9. The Morgan fingerprint density at radius 3 is 2.71 bits per heavy atom. The molecule has 4 rings (SSSR count). The number of aromatic nitrogens is 2. The number of hydrogen-bond donors (Lipinski definition) is 3. The lowest BCUT2D eigenvalue weighted by molar-refractivity contribution is -0.116. The number of thiocarbonyl (C=S) groups is 1. The molecule has 3 aromatic rings. The third-order valence-electron chi connectivity index (χ3n) is 5.62. The second-order valence-corrected chi connectivity index (χ2v) is 8.42. The van der Waals surface area contributed by atoms with Crippen LogP contribution in [-0.2, 0) is 4.79 Å². The van der Waals surface area contributed by atoms with Gasteiger partial charge in [0.05, 0.1) is 17.8 Å². The summed E-state index contributed by atoms with van der Waals surface area (Å²) < 4.78 is 0. The van der Waals surface area contributed by atoms with Crippen LogP contribution < -0.4 is 10.6 Å². The van der Waals surface area contributed by atoms with E-state index in [2.05, 4.69) is 37.6 Å². The second-order valence-electron chi connectivity index (χ2n) is 8.03. The number of aryl methyl sites for hydroxylation is 3. The molecule has 3 heterocycles. The number of amides is 1. The Morgan fingerprint density at radius 2 is 2.00 bits per heavy atom. The summed E-state index contributed by atoms with van der Waals surface area (Å²) in [5, 5.41) is 7.09. The van der Waals surface area contributed by atoms with Crippen LogP contribution in [0.2, 0.25) is 0 Å². The summed E-state index contributed by atoms with van der Waals surface area (Å²) in [6.07, 6.45) is 2.12. The zero-order valence-corrected chi connectivity index (χ0v) is 18.8. The largest absolute Gasteiger partial charge is 0.361 e. The number of H-pyrrole nitrogens is 1. The van der Waals surface area contributed by atoms with Crippen molar-refractivity contribution in [1.82, 2.24) is 20.2 Å². The number of hydrogen-bond acceptors (Lipinski definition) is 3. The van der Waals surface area contributed by atoms with Crippen LogP contribution in [0.4, 0.5) is 5.69 Å². The fourth-order valence-electron chi connectivity index (χ4n) is 3.99. The second kappa shape index (κ2) is 8.89. The van der Waals surface area contributed by atoms with Gasteiger partial charge in [-0.15, -0.1) is 0 Å². The number of rotatable bonds is 6. The van der Waals surface area contributed by atoms with Crippen molar-refractivity contribution in [3.05, 3.63) is 82.9 Å². The van der Waals surface area contributed by atoms with Gasteiger partial charge in [-0.3, -0.25) is 9.78 Å². The minimum Gasteiger partial charge on any atom is -0.361 e. The zero-order chi connectivity index (χ0) is 22.0. The van der Waals surface area contributed by atoms with E-state index < -0.39 is 0 Å². The highest BCUT2D eigenvalue weighted by Gasteiger charge is 2.40. The molecule has 0 saturated carbocycles. The number of carbonyl (C=O) groups is 1. The molecule has 31 heavy (non-hydrogen) atoms. The van der Waals surface area contributed by atoms with E-state index >= 15 is 0 Å². The van der Waals surface area contributed by atoms with Crippen molar-refractivity contribution in [2.75, 3.05) is 11.9 Å². The van der Waals surface area contributed by atoms with Gasteiger partial charge in [0.25, 0.3) is 0 Å². The molecule has 0 unspecified atom stereocenters. The van der Waals surface area contributed by atoms with Gasteiger partial charge in [0.15, 0.2) is 5.11 Å². The van der Waals surface area contributed by atoms with E-state index in [1.54, 1.807) is 6.20 Å². The van der Waals surface area contributed by atoms with Crippen LogP contribution in [0.25, 0.3) is 0 Å². The molecule has 0 radical (unpaired) electrons. The van der Waals surface area contributed by atoms with Gasteiger partial charge in [0.1, 0.15) is 0 Å². The van der Waals surface area contributed by atoms with Crippen LogP contribution in [0, 0.1) is 20.8 Å². The van der Waals surface area contributed by atoms with Gasteiger partial charge in [-0.05, 0) is 74.4 Å². The molecule has 7 heteroatoms. The molecule has 1 amide bonds. The highest BCUT2D eigenvalue weighted by molar-refractivity contribution is 7.80. The van der Waals surface area contributed by atoms with E-state index in [-0.39, 0.29) is 18.0 Å². The third kappa shape index (κ3) is 4.61. The molecule has 160 valence electrons. The zero-order valence-electron chi connectivity index (χ0n) is 18.0. The fourth-order valence-corrected chi connectivity index (χ4v) is 4.32. The quantitative estimate of drug-likeness (QED) is 0.505. The Kier molecular flexibility index (Phi) is 6.04. The summed E-state index contributed by atoms with van der Waals surface area (Å²) in [6.45, 7) is 6.55. The van der Waals surface area contributed by atoms with Crippen LogP contribution in [0.5, 0.6) is 0 Å². The van der Waals surface area contributed by atoms with Crippen LogP contribution in [0.15, 0.2) is 54.7 Å². The van der Waals surface area contributed by atoms with Crippen LogP contribution in [0.3, 0.4) is 0 Å². The van der Waals surface area contributed by atoms with E-state index in [9.17, 15) is 4.79 Å². The molecule has 1 aliphatic heterocycles. The molecule has 0 bridgehead atoms. The van der Waals surface area contributed by atoms with Crippen molar-refractivity contribution in [3.63, 3.8) is 0 Å². The SMILES string of the molecule is Cc1ccc(C)c(NC(=O)CCN2C(=S)N[C@@H](c3ccccn3)[C@H]2c2ccc(C)[nH]2)c1. The standard InChI is InChI=1S/C24H27N5OS/c1-15-7-8-16(2)20(14-15)27-21(30)11-13-29-23(19-10-9-17(3)26-19)22(28-24(29)31)18-6-4-5-12-25-18/h4-10,12,14,22-23,26H,11,13H2,1-3H3,(H,27,30)(H,28,31)/t22-,23+/m0/s1. The summed E-state index contributed by atoms with van der Waals surface area (Å²) in [7, 11) is 0. The number of aromatic amines is 1. The van der Waals surface area contributed by atoms with E-state index in [1.807, 2.05) is 57.2 Å². The van der Waals surface area contributed by atoms with E-state index in [1.165, 1.54) is 0 Å². The first-order valence-electron chi connectivity index (χ1n) is 10.4. The van der Waals surface area contributed by atoms with E-state index in [0.717, 1.165) is 33.9 Å². The maximum absolute atomic E-state index is 12.7. The minimum atomic E-state index is -0.0890. The van der Waals surface area contributed by atoms with Gasteiger partial charge in [-0.25, -0.2) is 0 Å². The normalized spacial score (nSPS) is 18.2. The van der Waals surface area contributed by atoms with Crippen molar-refractivity contribution >= 4 is 28.9 Å². The van der Waals surface area contributed by atoms with Crippen molar-refractivity contribution in [2.24, 2.45) is 0 Å². The van der Waals surface area contributed by atoms with Crippen molar-refractivity contribution in [2.45, 2.75) is 39.3 Å². The first-order chi connectivity index (χ1) is 14.9. The number of carbonyl (C=O) groups excluding carboxylic acids is 1. The van der Waals surface area contributed by atoms with Crippen molar-refractivity contribution in [3.8, 4) is 0 Å². The van der Waals surface area contributed by atoms with Crippen molar-refractivity contribution in [1.29, 1.82) is 0 Å². The first-order valence-corrected chi connectivity index (χ1v) is 10.8. The van der Waals surface area contributed by atoms with Gasteiger partial charge in [-0.2, -0.15) is 0 Å². The third-order valence-corrected chi connectivity index (χ3v) is 5.97. The Morgan fingerprint density at radius 1 is 1.16 bits per heavy atom. The molecule has 0 aliphatic carbocycles. The lowest BCUT2D eigenvalue weighted by Crippen LogP contribution is -2.32. The predicted molar refractivity (Wildman–Crippen MR) is 127 cm³/mol. The Labute approximate surface area is 188 Å². The average Bonchev–Trinajstić information content (AvgIpc) is 3.32. The number of nitrogens with zero attached hydrogens (tertiary/aromatic N) is 2. The van der Waals surface area contributed by atoms with Gasteiger partial charge in [0, 0.05) is 36.2 Å². The number of pyridine rings is 1. The van der Waals surface area contributed by atoms with Crippen LogP contribution in [-0.4, -0.2) is 32.4 Å². The fraction of sp³-hybridized carbons (Fsp3) is 0.292. The number of benzene rings is 1. The molecule has 3 N–H and O–H groups in total. The maximum atomic E-state index is 12.7. The number of anilines is 1. The predicted octanol–water partition coefficient (Wildman–Crippen LogP) is 4.34. The molecule has 2 aromatic heterocycles. The lowest BCUT2D eigenvalue weighted by atomic mass is 10.0.